The fraction of sp³-hybridized carbons (Fsp3) is 0.500. The van der Waals surface area contributed by atoms with Gasteiger partial charge in [-0.05, 0) is 0 Å². The fourth-order valence-corrected chi connectivity index (χ4v) is 0.303. The molecule has 0 aliphatic heterocycles. The van der Waals surface area contributed by atoms with Crippen LogP contribution in [0.5, 0.6) is 0 Å². The number of carbonyl (C=O) groups excluding carboxylic acids is 1. The summed E-state index contributed by atoms with van der Waals surface area (Å²) < 4.78 is 3.58. The summed E-state index contributed by atoms with van der Waals surface area (Å²) in [6, 6.07) is 0. The van der Waals surface area contributed by atoms with Gasteiger partial charge in [-0.3, -0.25) is 0 Å². The second-order valence-corrected chi connectivity index (χ2v) is 1.95. The van der Waals surface area contributed by atoms with Crippen LogP contribution >= 0.6 is 35.1 Å². The molecule has 0 unspecified atom stereocenters. The SMILES string of the molecule is O=C(OCl)C(Cl)Cl.[KH]. The van der Waals surface area contributed by atoms with Gasteiger partial charge in [0.05, 0.1) is 0 Å². The van der Waals surface area contributed by atoms with Gasteiger partial charge in [0.15, 0.2) is 0 Å². The van der Waals surface area contributed by atoms with Crippen LogP contribution in [0.1, 0.15) is 0 Å². The summed E-state index contributed by atoms with van der Waals surface area (Å²) in [6.45, 7) is 0. The minimum atomic E-state index is -1.18. The summed E-state index contributed by atoms with van der Waals surface area (Å²) in [5.41, 5.74) is 0. The third kappa shape index (κ3) is 6.10. The number of alkyl halides is 2. The Morgan fingerprint density at radius 3 is 1.88 bits per heavy atom. The van der Waals surface area contributed by atoms with E-state index in [1.54, 1.807) is 0 Å². The van der Waals surface area contributed by atoms with Gasteiger partial charge in [-0.25, -0.2) is 4.79 Å². The van der Waals surface area contributed by atoms with Crippen molar-refractivity contribution in [2.24, 2.45) is 0 Å². The molecule has 44 valence electrons. The second-order valence-electron chi connectivity index (χ2n) is 0.697. The Balaban J connectivity index is 0. The Morgan fingerprint density at radius 1 is 1.50 bits per heavy atom. The van der Waals surface area contributed by atoms with Crippen LogP contribution in [0.4, 0.5) is 0 Å². The molecule has 0 bridgehead atoms. The standard InChI is InChI=1S/C2HCl3O2.K.H/c3-1(4)2(6)7-5;;/h1H;;. The molecule has 0 rings (SSSR count). The number of hydrogen-bond donors (Lipinski definition) is 0. The van der Waals surface area contributed by atoms with E-state index in [2.05, 4.69) is 16.2 Å². The van der Waals surface area contributed by atoms with Gasteiger partial charge in [0.1, 0.15) is 11.9 Å². The van der Waals surface area contributed by atoms with Crippen molar-refractivity contribution in [3.63, 3.8) is 0 Å². The summed E-state index contributed by atoms with van der Waals surface area (Å²) >= 11 is 14.4. The van der Waals surface area contributed by atoms with Crippen molar-refractivity contribution in [1.29, 1.82) is 0 Å². The first-order valence-electron chi connectivity index (χ1n) is 1.29. The third-order valence-electron chi connectivity index (χ3n) is 0.254. The van der Waals surface area contributed by atoms with Gasteiger partial charge in [-0.15, -0.1) is 0 Å². The van der Waals surface area contributed by atoms with E-state index in [-0.39, 0.29) is 51.4 Å². The Bertz CT molecular complexity index is 75.7. The van der Waals surface area contributed by atoms with Gasteiger partial charge in [-0.1, -0.05) is 23.2 Å². The molecule has 0 N–H and O–H groups in total. The first-order valence-corrected chi connectivity index (χ1v) is 2.47. The molecule has 8 heavy (non-hydrogen) atoms. The van der Waals surface area contributed by atoms with Crippen LogP contribution in [0.15, 0.2) is 0 Å². The van der Waals surface area contributed by atoms with Crippen molar-refractivity contribution in [2.45, 2.75) is 4.84 Å². The third-order valence-corrected chi connectivity index (χ3v) is 0.763. The quantitative estimate of drug-likeness (QED) is 0.466. The molecule has 2 nitrogen and oxygen atoms in total. The van der Waals surface area contributed by atoms with E-state index < -0.39 is 10.8 Å². The van der Waals surface area contributed by atoms with Crippen LogP contribution in [-0.2, 0) is 9.08 Å². The van der Waals surface area contributed by atoms with Crippen molar-refractivity contribution >= 4 is 92.4 Å². The van der Waals surface area contributed by atoms with Gasteiger partial charge in [0.25, 0.3) is 0 Å². The second kappa shape index (κ2) is 7.09. The molecule has 0 radical (unpaired) electrons. The van der Waals surface area contributed by atoms with Gasteiger partial charge in [-0.2, -0.15) is 0 Å². The maximum atomic E-state index is 9.89. The summed E-state index contributed by atoms with van der Waals surface area (Å²) in [5.74, 6) is -0.856. The number of rotatable bonds is 1. The van der Waals surface area contributed by atoms with Crippen LogP contribution in [0.25, 0.3) is 0 Å². The molecule has 0 aromatic heterocycles. The van der Waals surface area contributed by atoms with Crippen molar-refractivity contribution in [2.75, 3.05) is 0 Å². The minimum absolute atomic E-state index is 0. The maximum absolute atomic E-state index is 9.89. The molecule has 0 saturated carbocycles. The van der Waals surface area contributed by atoms with Gasteiger partial charge in [0, 0.05) is 0 Å². The predicted molar refractivity (Wildman–Crippen MR) is 34.6 cm³/mol. The topological polar surface area (TPSA) is 26.3 Å². The van der Waals surface area contributed by atoms with Gasteiger partial charge in [0.2, 0.25) is 4.84 Å². The summed E-state index contributed by atoms with van der Waals surface area (Å²) in [4.78, 5) is 8.71. The molecular formula is C2H2Cl3KO2. The van der Waals surface area contributed by atoms with E-state index in [4.69, 9.17) is 23.2 Å². The van der Waals surface area contributed by atoms with E-state index in [1.807, 2.05) is 0 Å². The molecule has 6 heteroatoms. The molecular weight excluding hydrogens is 201 g/mol. The molecule has 0 saturated heterocycles. The van der Waals surface area contributed by atoms with E-state index >= 15 is 0 Å². The average molecular weight is 203 g/mol. The summed E-state index contributed by atoms with van der Waals surface area (Å²) in [5, 5.41) is 0. The van der Waals surface area contributed by atoms with Crippen LogP contribution in [-0.4, -0.2) is 62.2 Å². The molecule has 0 fully saturated rings. The van der Waals surface area contributed by atoms with Crippen molar-refractivity contribution in [3.8, 4) is 0 Å². The van der Waals surface area contributed by atoms with E-state index in [9.17, 15) is 4.79 Å². The van der Waals surface area contributed by atoms with Crippen LogP contribution in [0.3, 0.4) is 0 Å². The molecule has 0 aliphatic carbocycles. The molecule has 0 spiro atoms. The summed E-state index contributed by atoms with van der Waals surface area (Å²) in [6.07, 6.45) is 0. The number of carbonyl (C=O) groups is 1. The van der Waals surface area contributed by atoms with Crippen molar-refractivity contribution in [3.05, 3.63) is 0 Å². The first kappa shape index (κ1) is 12.6. The van der Waals surface area contributed by atoms with Gasteiger partial charge >= 0.3 is 57.4 Å². The van der Waals surface area contributed by atoms with Crippen molar-refractivity contribution in [1.82, 2.24) is 0 Å². The summed E-state index contributed by atoms with van der Waals surface area (Å²) in [7, 11) is 0. The predicted octanol–water partition coefficient (Wildman–Crippen LogP) is 0.839. The molecule has 0 aromatic rings. The zero-order valence-corrected chi connectivity index (χ0v) is 5.30. The Hall–Kier alpha value is 1.98. The molecule has 0 atom stereocenters. The van der Waals surface area contributed by atoms with Crippen LogP contribution in [0, 0.1) is 0 Å². The Morgan fingerprint density at radius 2 is 1.88 bits per heavy atom. The number of hydrogen-bond acceptors (Lipinski definition) is 2. The molecule has 0 aromatic carbocycles. The first-order chi connectivity index (χ1) is 3.18. The average Bonchev–Trinajstić information content (AvgIpc) is 1.65. The molecule has 0 amide bonds. The number of halogens is 3. The Kier molecular flexibility index (Phi) is 11.2. The van der Waals surface area contributed by atoms with Crippen molar-refractivity contribution < 1.29 is 9.08 Å². The molecule has 0 heterocycles. The monoisotopic (exact) mass is 202 g/mol. The Labute approximate surface area is 104 Å². The van der Waals surface area contributed by atoms with E-state index in [1.165, 1.54) is 0 Å². The fourth-order valence-electron chi connectivity index (χ4n) is 0.0337. The zero-order valence-electron chi connectivity index (χ0n) is 3.03. The molecule has 0 aliphatic rings. The van der Waals surface area contributed by atoms with E-state index in [0.717, 1.165) is 0 Å². The van der Waals surface area contributed by atoms with Crippen LogP contribution < -0.4 is 0 Å². The normalized spacial score (nSPS) is 8.00. The van der Waals surface area contributed by atoms with E-state index in [0.29, 0.717) is 0 Å². The van der Waals surface area contributed by atoms with Crippen LogP contribution in [0.2, 0.25) is 0 Å². The van der Waals surface area contributed by atoms with Gasteiger partial charge < -0.3 is 4.29 Å². The zero-order chi connectivity index (χ0) is 5.86.